The van der Waals surface area contributed by atoms with Crippen LogP contribution >= 0.6 is 34.8 Å². The van der Waals surface area contributed by atoms with Crippen molar-refractivity contribution in [2.75, 3.05) is 0 Å². The molecule has 0 aliphatic rings. The van der Waals surface area contributed by atoms with E-state index < -0.39 is 0 Å². The van der Waals surface area contributed by atoms with Crippen molar-refractivity contribution in [1.29, 1.82) is 0 Å². The van der Waals surface area contributed by atoms with E-state index in [9.17, 15) is 0 Å². The largest absolute Gasteiger partial charge is 0.113 e. The summed E-state index contributed by atoms with van der Waals surface area (Å²) in [5.41, 5.74) is 1.92. The summed E-state index contributed by atoms with van der Waals surface area (Å²) in [5.74, 6) is 0. The van der Waals surface area contributed by atoms with Crippen LogP contribution in [0.1, 0.15) is 16.5 Å². The molecule has 0 saturated heterocycles. The van der Waals surface area contributed by atoms with Crippen LogP contribution in [0.15, 0.2) is 60.7 Å². The van der Waals surface area contributed by atoms with Crippen molar-refractivity contribution in [1.82, 2.24) is 0 Å². The zero-order chi connectivity index (χ0) is 14.1. The Morgan fingerprint density at radius 2 is 1.25 bits per heavy atom. The van der Waals surface area contributed by atoms with E-state index in [1.54, 1.807) is 0 Å². The summed E-state index contributed by atoms with van der Waals surface area (Å²) >= 11 is 19.1. The van der Waals surface area contributed by atoms with Gasteiger partial charge < -0.3 is 0 Å². The number of rotatable bonds is 2. The number of halogens is 3. The molecule has 1 atom stereocenters. The molecule has 0 amide bonds. The average Bonchev–Trinajstić information content (AvgIpc) is 2.48. The van der Waals surface area contributed by atoms with Crippen LogP contribution in [0.5, 0.6) is 0 Å². The molecular formula is C17H11Cl3. The van der Waals surface area contributed by atoms with Gasteiger partial charge in [0, 0.05) is 15.4 Å². The molecule has 3 aromatic carbocycles. The summed E-state index contributed by atoms with van der Waals surface area (Å²) in [6.07, 6.45) is 0. The first-order chi connectivity index (χ1) is 9.68. The summed E-state index contributed by atoms with van der Waals surface area (Å²) in [5, 5.41) is 3.16. The van der Waals surface area contributed by atoms with E-state index in [-0.39, 0.29) is 5.38 Å². The number of fused-ring (bicyclic) bond motifs is 1. The van der Waals surface area contributed by atoms with Crippen LogP contribution in [0, 0.1) is 0 Å². The Hall–Kier alpha value is -1.21. The lowest BCUT2D eigenvalue weighted by molar-refractivity contribution is 1.16. The molecule has 0 fully saturated rings. The zero-order valence-corrected chi connectivity index (χ0v) is 12.8. The van der Waals surface area contributed by atoms with Gasteiger partial charge in [-0.3, -0.25) is 0 Å². The van der Waals surface area contributed by atoms with Gasteiger partial charge in [-0.25, -0.2) is 0 Å². The second-order valence-electron chi connectivity index (χ2n) is 4.57. The monoisotopic (exact) mass is 320 g/mol. The maximum Gasteiger partial charge on any atom is 0.0855 e. The SMILES string of the molecule is Clc1ccccc1C(Cl)c1ccc(Cl)c2ccccc12. The van der Waals surface area contributed by atoms with Gasteiger partial charge in [0.15, 0.2) is 0 Å². The van der Waals surface area contributed by atoms with Crippen LogP contribution in [-0.2, 0) is 0 Å². The summed E-state index contributed by atoms with van der Waals surface area (Å²) in [7, 11) is 0. The molecule has 0 radical (unpaired) electrons. The Morgan fingerprint density at radius 1 is 0.600 bits per heavy atom. The second kappa shape index (κ2) is 5.65. The fourth-order valence-corrected chi connectivity index (χ4v) is 3.26. The van der Waals surface area contributed by atoms with E-state index >= 15 is 0 Å². The highest BCUT2D eigenvalue weighted by Gasteiger charge is 2.17. The van der Waals surface area contributed by atoms with Gasteiger partial charge in [-0.05, 0) is 28.6 Å². The Balaban J connectivity index is 2.20. The molecule has 3 rings (SSSR count). The maximum atomic E-state index is 6.64. The Bertz CT molecular complexity index is 765. The topological polar surface area (TPSA) is 0 Å². The van der Waals surface area contributed by atoms with Crippen molar-refractivity contribution in [2.24, 2.45) is 0 Å². The van der Waals surface area contributed by atoms with Gasteiger partial charge in [-0.1, -0.05) is 71.7 Å². The van der Waals surface area contributed by atoms with Crippen molar-refractivity contribution in [3.8, 4) is 0 Å². The number of benzene rings is 3. The molecule has 0 N–H and O–H groups in total. The maximum absolute atomic E-state index is 6.64. The molecule has 0 nitrogen and oxygen atoms in total. The molecule has 0 spiro atoms. The smallest absolute Gasteiger partial charge is 0.0855 e. The van der Waals surface area contributed by atoms with Crippen molar-refractivity contribution in [2.45, 2.75) is 5.38 Å². The third-order valence-corrected chi connectivity index (χ3v) is 4.50. The van der Waals surface area contributed by atoms with Gasteiger partial charge in [-0.15, -0.1) is 11.6 Å². The Kier molecular flexibility index (Phi) is 3.89. The van der Waals surface area contributed by atoms with Crippen molar-refractivity contribution >= 4 is 45.6 Å². The minimum absolute atomic E-state index is 0.300. The van der Waals surface area contributed by atoms with Gasteiger partial charge in [0.2, 0.25) is 0 Å². The van der Waals surface area contributed by atoms with Crippen molar-refractivity contribution in [3.05, 3.63) is 81.8 Å². The van der Waals surface area contributed by atoms with E-state index in [1.165, 1.54) is 0 Å². The van der Waals surface area contributed by atoms with E-state index in [4.69, 9.17) is 34.8 Å². The van der Waals surface area contributed by atoms with Crippen LogP contribution in [0.25, 0.3) is 10.8 Å². The highest BCUT2D eigenvalue weighted by atomic mass is 35.5. The molecule has 0 saturated carbocycles. The first kappa shape index (κ1) is 13.8. The zero-order valence-electron chi connectivity index (χ0n) is 10.5. The first-order valence-corrected chi connectivity index (χ1v) is 7.43. The lowest BCUT2D eigenvalue weighted by Gasteiger charge is -2.15. The highest BCUT2D eigenvalue weighted by molar-refractivity contribution is 6.36. The van der Waals surface area contributed by atoms with Gasteiger partial charge in [0.25, 0.3) is 0 Å². The summed E-state index contributed by atoms with van der Waals surface area (Å²) in [6, 6.07) is 19.5. The van der Waals surface area contributed by atoms with Gasteiger partial charge >= 0.3 is 0 Å². The number of alkyl halides is 1. The van der Waals surface area contributed by atoms with Crippen molar-refractivity contribution < 1.29 is 0 Å². The lowest BCUT2D eigenvalue weighted by Crippen LogP contribution is -1.95. The van der Waals surface area contributed by atoms with Crippen LogP contribution in [0.4, 0.5) is 0 Å². The molecule has 0 aliphatic carbocycles. The third kappa shape index (κ3) is 2.40. The molecule has 20 heavy (non-hydrogen) atoms. The predicted octanol–water partition coefficient (Wildman–Crippen LogP) is 6.47. The van der Waals surface area contributed by atoms with Gasteiger partial charge in [-0.2, -0.15) is 0 Å². The van der Waals surface area contributed by atoms with Crippen LogP contribution < -0.4 is 0 Å². The molecule has 100 valence electrons. The van der Waals surface area contributed by atoms with E-state index in [0.29, 0.717) is 5.02 Å². The third-order valence-electron chi connectivity index (χ3n) is 3.36. The van der Waals surface area contributed by atoms with Crippen molar-refractivity contribution in [3.63, 3.8) is 0 Å². The normalized spacial score (nSPS) is 12.6. The highest BCUT2D eigenvalue weighted by Crippen LogP contribution is 2.38. The molecular weight excluding hydrogens is 311 g/mol. The quantitative estimate of drug-likeness (QED) is 0.474. The fourth-order valence-electron chi connectivity index (χ4n) is 2.35. The van der Waals surface area contributed by atoms with E-state index in [1.807, 2.05) is 60.7 Å². The predicted molar refractivity (Wildman–Crippen MR) is 88.1 cm³/mol. The fraction of sp³-hybridized carbons (Fsp3) is 0.0588. The van der Waals surface area contributed by atoms with Crippen LogP contribution in [0.3, 0.4) is 0 Å². The van der Waals surface area contributed by atoms with Crippen LogP contribution in [0.2, 0.25) is 10.0 Å². The molecule has 0 bridgehead atoms. The van der Waals surface area contributed by atoms with E-state index in [2.05, 4.69) is 0 Å². The molecule has 1 unspecified atom stereocenters. The summed E-state index contributed by atoms with van der Waals surface area (Å²) < 4.78 is 0. The Morgan fingerprint density at radius 3 is 2.00 bits per heavy atom. The van der Waals surface area contributed by atoms with E-state index in [0.717, 1.165) is 26.9 Å². The molecule has 0 heterocycles. The minimum atomic E-state index is -0.300. The van der Waals surface area contributed by atoms with Gasteiger partial charge in [0.1, 0.15) is 0 Å². The lowest BCUT2D eigenvalue weighted by atomic mass is 9.98. The number of hydrogen-bond acceptors (Lipinski definition) is 0. The molecule has 3 heteroatoms. The molecule has 3 aromatic rings. The molecule has 0 aliphatic heterocycles. The minimum Gasteiger partial charge on any atom is -0.113 e. The van der Waals surface area contributed by atoms with Gasteiger partial charge in [0.05, 0.1) is 5.38 Å². The average molecular weight is 322 g/mol. The summed E-state index contributed by atoms with van der Waals surface area (Å²) in [4.78, 5) is 0. The Labute approximate surface area is 132 Å². The standard InChI is InChI=1S/C17H11Cl3/c18-15-8-4-3-7-14(15)17(20)13-9-10-16(19)12-6-2-1-5-11(12)13/h1-10,17H. The number of hydrogen-bond donors (Lipinski definition) is 0. The molecule has 0 aromatic heterocycles. The van der Waals surface area contributed by atoms with Crippen LogP contribution in [-0.4, -0.2) is 0 Å². The first-order valence-electron chi connectivity index (χ1n) is 6.24. The second-order valence-corrected chi connectivity index (χ2v) is 5.82. The summed E-state index contributed by atoms with van der Waals surface area (Å²) in [6.45, 7) is 0.